The molecule has 1 N–H and O–H groups in total. The largest absolute Gasteiger partial charge is 0.480 e. The molecule has 3 heteroatoms. The molecule has 0 saturated heterocycles. The Labute approximate surface area is 96.7 Å². The van der Waals surface area contributed by atoms with E-state index in [1.54, 1.807) is 6.92 Å². The van der Waals surface area contributed by atoms with Crippen LogP contribution in [0.1, 0.15) is 25.0 Å². The van der Waals surface area contributed by atoms with Crippen LogP contribution in [0, 0.1) is 13.8 Å². The number of hydrogen-bond acceptors (Lipinski definition) is 2. The van der Waals surface area contributed by atoms with Crippen molar-refractivity contribution in [3.8, 4) is 0 Å². The number of aliphatic carboxylic acids is 1. The van der Waals surface area contributed by atoms with Crippen molar-refractivity contribution in [2.24, 2.45) is 0 Å². The number of carboxylic acids is 1. The van der Waals surface area contributed by atoms with Gasteiger partial charge in [-0.3, -0.25) is 0 Å². The standard InChI is InChI=1S/C13H19NO2/c1-5-14(11(4)13(15)16)12-7-6-9(2)8-10(12)3/h6-8,11H,5H2,1-4H3,(H,15,16)/t11-/m1/s1. The van der Waals surface area contributed by atoms with Crippen LogP contribution in [-0.4, -0.2) is 23.7 Å². The molecule has 0 radical (unpaired) electrons. The van der Waals surface area contributed by atoms with Gasteiger partial charge in [-0.25, -0.2) is 4.79 Å². The summed E-state index contributed by atoms with van der Waals surface area (Å²) in [6, 6.07) is 5.59. The molecule has 3 nitrogen and oxygen atoms in total. The van der Waals surface area contributed by atoms with Gasteiger partial charge in [0.2, 0.25) is 0 Å². The van der Waals surface area contributed by atoms with E-state index in [9.17, 15) is 4.79 Å². The molecule has 1 atom stereocenters. The van der Waals surface area contributed by atoms with Crippen LogP contribution < -0.4 is 4.90 Å². The Balaban J connectivity index is 3.08. The highest BCUT2D eigenvalue weighted by molar-refractivity contribution is 5.78. The van der Waals surface area contributed by atoms with E-state index < -0.39 is 12.0 Å². The molecule has 0 fully saturated rings. The topological polar surface area (TPSA) is 40.5 Å². The second-order valence-corrected chi connectivity index (χ2v) is 4.09. The van der Waals surface area contributed by atoms with Gasteiger partial charge in [-0.05, 0) is 39.3 Å². The Morgan fingerprint density at radius 1 is 1.44 bits per heavy atom. The minimum absolute atomic E-state index is 0.494. The Morgan fingerprint density at radius 2 is 2.06 bits per heavy atom. The van der Waals surface area contributed by atoms with Crippen LogP contribution in [0.5, 0.6) is 0 Å². The highest BCUT2D eigenvalue weighted by atomic mass is 16.4. The summed E-state index contributed by atoms with van der Waals surface area (Å²) in [6.07, 6.45) is 0. The zero-order valence-electron chi connectivity index (χ0n) is 10.3. The smallest absolute Gasteiger partial charge is 0.326 e. The van der Waals surface area contributed by atoms with Gasteiger partial charge in [-0.15, -0.1) is 0 Å². The number of rotatable bonds is 4. The van der Waals surface area contributed by atoms with E-state index >= 15 is 0 Å². The van der Waals surface area contributed by atoms with Crippen LogP contribution in [0.25, 0.3) is 0 Å². The number of hydrogen-bond donors (Lipinski definition) is 1. The summed E-state index contributed by atoms with van der Waals surface area (Å²) in [6.45, 7) is 8.43. The first-order chi connectivity index (χ1) is 7.47. The fraction of sp³-hybridized carbons (Fsp3) is 0.462. The Morgan fingerprint density at radius 3 is 2.50 bits per heavy atom. The Bertz CT molecular complexity index is 388. The summed E-state index contributed by atoms with van der Waals surface area (Å²) in [5.74, 6) is -0.790. The first-order valence-corrected chi connectivity index (χ1v) is 5.54. The van der Waals surface area contributed by atoms with Crippen molar-refractivity contribution in [1.29, 1.82) is 0 Å². The fourth-order valence-electron chi connectivity index (χ4n) is 1.91. The first kappa shape index (κ1) is 12.6. The lowest BCUT2D eigenvalue weighted by molar-refractivity contribution is -0.138. The minimum atomic E-state index is -0.790. The molecule has 0 unspecified atom stereocenters. The second kappa shape index (κ2) is 5.01. The summed E-state index contributed by atoms with van der Waals surface area (Å²) in [5, 5.41) is 9.05. The van der Waals surface area contributed by atoms with Crippen molar-refractivity contribution in [2.75, 3.05) is 11.4 Å². The fourth-order valence-corrected chi connectivity index (χ4v) is 1.91. The zero-order chi connectivity index (χ0) is 12.3. The summed E-state index contributed by atoms with van der Waals surface area (Å²) >= 11 is 0. The van der Waals surface area contributed by atoms with Gasteiger partial charge in [0.05, 0.1) is 0 Å². The van der Waals surface area contributed by atoms with Crippen LogP contribution in [0.2, 0.25) is 0 Å². The maximum absolute atomic E-state index is 11.0. The van der Waals surface area contributed by atoms with Crippen molar-refractivity contribution in [3.05, 3.63) is 29.3 Å². The molecule has 88 valence electrons. The second-order valence-electron chi connectivity index (χ2n) is 4.09. The lowest BCUT2D eigenvalue weighted by Crippen LogP contribution is -2.39. The SMILES string of the molecule is CCN(c1ccc(C)cc1C)[C@H](C)C(=O)O. The van der Waals surface area contributed by atoms with Gasteiger partial charge in [-0.2, -0.15) is 0 Å². The van der Waals surface area contributed by atoms with E-state index in [4.69, 9.17) is 5.11 Å². The Hall–Kier alpha value is -1.51. The molecule has 0 amide bonds. The van der Waals surface area contributed by atoms with Gasteiger partial charge in [0.15, 0.2) is 0 Å². The van der Waals surface area contributed by atoms with Crippen LogP contribution in [0.4, 0.5) is 5.69 Å². The van der Waals surface area contributed by atoms with E-state index in [0.29, 0.717) is 6.54 Å². The quantitative estimate of drug-likeness (QED) is 0.849. The molecule has 0 aliphatic rings. The third-order valence-electron chi connectivity index (χ3n) is 2.83. The van der Waals surface area contributed by atoms with Gasteiger partial charge in [0.25, 0.3) is 0 Å². The predicted octanol–water partition coefficient (Wildman–Crippen LogP) is 2.60. The summed E-state index contributed by atoms with van der Waals surface area (Å²) in [4.78, 5) is 12.9. The monoisotopic (exact) mass is 221 g/mol. The molecule has 0 saturated carbocycles. The maximum Gasteiger partial charge on any atom is 0.326 e. The van der Waals surface area contributed by atoms with E-state index in [0.717, 1.165) is 11.3 Å². The molecule has 0 aliphatic heterocycles. The molecule has 0 bridgehead atoms. The van der Waals surface area contributed by atoms with E-state index in [1.807, 2.05) is 37.8 Å². The van der Waals surface area contributed by atoms with Crippen molar-refractivity contribution in [2.45, 2.75) is 33.7 Å². The Kier molecular flexibility index (Phi) is 3.93. The average molecular weight is 221 g/mol. The molecule has 0 aliphatic carbocycles. The zero-order valence-corrected chi connectivity index (χ0v) is 10.3. The van der Waals surface area contributed by atoms with Crippen molar-refractivity contribution < 1.29 is 9.90 Å². The van der Waals surface area contributed by atoms with Crippen molar-refractivity contribution in [1.82, 2.24) is 0 Å². The van der Waals surface area contributed by atoms with Gasteiger partial charge in [-0.1, -0.05) is 17.7 Å². The summed E-state index contributed by atoms with van der Waals surface area (Å²) in [7, 11) is 0. The highest BCUT2D eigenvalue weighted by Gasteiger charge is 2.20. The van der Waals surface area contributed by atoms with Crippen LogP contribution >= 0.6 is 0 Å². The van der Waals surface area contributed by atoms with Gasteiger partial charge >= 0.3 is 5.97 Å². The van der Waals surface area contributed by atoms with E-state index in [2.05, 4.69) is 6.07 Å². The molecule has 0 spiro atoms. The van der Waals surface area contributed by atoms with Gasteiger partial charge in [0.1, 0.15) is 6.04 Å². The summed E-state index contributed by atoms with van der Waals surface area (Å²) < 4.78 is 0. The van der Waals surface area contributed by atoms with Crippen LogP contribution in [-0.2, 0) is 4.79 Å². The van der Waals surface area contributed by atoms with Crippen LogP contribution in [0.3, 0.4) is 0 Å². The lowest BCUT2D eigenvalue weighted by atomic mass is 10.1. The number of carbonyl (C=O) groups is 1. The van der Waals surface area contributed by atoms with E-state index in [-0.39, 0.29) is 0 Å². The number of aryl methyl sites for hydroxylation is 2. The molecule has 1 rings (SSSR count). The molecule has 16 heavy (non-hydrogen) atoms. The molecule has 1 aromatic carbocycles. The van der Waals surface area contributed by atoms with E-state index in [1.165, 1.54) is 5.56 Å². The molecule has 1 aromatic rings. The molecule has 0 aromatic heterocycles. The maximum atomic E-state index is 11.0. The normalized spacial score (nSPS) is 12.2. The summed E-state index contributed by atoms with van der Waals surface area (Å²) in [5.41, 5.74) is 3.32. The number of benzene rings is 1. The van der Waals surface area contributed by atoms with Crippen molar-refractivity contribution in [3.63, 3.8) is 0 Å². The highest BCUT2D eigenvalue weighted by Crippen LogP contribution is 2.22. The number of anilines is 1. The third-order valence-corrected chi connectivity index (χ3v) is 2.83. The number of likely N-dealkylation sites (N-methyl/N-ethyl adjacent to an activating group) is 1. The van der Waals surface area contributed by atoms with Crippen molar-refractivity contribution >= 4 is 11.7 Å². The lowest BCUT2D eigenvalue weighted by Gasteiger charge is -2.28. The number of carboxylic acid groups (broad SMARTS) is 1. The molecule has 0 heterocycles. The predicted molar refractivity (Wildman–Crippen MR) is 66.0 cm³/mol. The van der Waals surface area contributed by atoms with Gasteiger partial charge < -0.3 is 10.0 Å². The van der Waals surface area contributed by atoms with Gasteiger partial charge in [0, 0.05) is 12.2 Å². The third kappa shape index (κ3) is 2.54. The minimum Gasteiger partial charge on any atom is -0.480 e. The molecular weight excluding hydrogens is 202 g/mol. The molecular formula is C13H19NO2. The van der Waals surface area contributed by atoms with Crippen LogP contribution in [0.15, 0.2) is 18.2 Å². The average Bonchev–Trinajstić information content (AvgIpc) is 2.21. The first-order valence-electron chi connectivity index (χ1n) is 5.54. The number of nitrogens with zero attached hydrogens (tertiary/aromatic N) is 1.